The van der Waals surface area contributed by atoms with Gasteiger partial charge in [-0.15, -0.1) is 0 Å². The minimum Gasteiger partial charge on any atom is -0.393 e. The first-order valence-electron chi connectivity index (χ1n) is 13.6. The van der Waals surface area contributed by atoms with Crippen LogP contribution in [0.2, 0.25) is 0 Å². The fourth-order valence-corrected chi connectivity index (χ4v) is 9.17. The Kier molecular flexibility index (Phi) is 5.26. The van der Waals surface area contributed by atoms with Crippen molar-refractivity contribution < 1.29 is 14.6 Å². The number of hydrogen-bond donors (Lipinski definition) is 1. The highest BCUT2D eigenvalue weighted by Gasteiger charge is 2.63. The van der Waals surface area contributed by atoms with E-state index in [0.717, 1.165) is 38.0 Å². The zero-order chi connectivity index (χ0) is 24.0. The second-order valence-electron chi connectivity index (χ2n) is 13.8. The highest BCUT2D eigenvalue weighted by molar-refractivity contribution is 5.86. The molecule has 4 aliphatic carbocycles. The van der Waals surface area contributed by atoms with Gasteiger partial charge >= 0.3 is 0 Å². The van der Waals surface area contributed by atoms with Crippen molar-refractivity contribution in [3.05, 3.63) is 23.3 Å². The van der Waals surface area contributed by atoms with Crippen molar-refractivity contribution in [2.24, 2.45) is 39.4 Å². The molecule has 33 heavy (non-hydrogen) atoms. The lowest BCUT2D eigenvalue weighted by atomic mass is 9.44. The zero-order valence-electron chi connectivity index (χ0n) is 22.1. The van der Waals surface area contributed by atoms with E-state index in [9.17, 15) is 9.90 Å². The van der Waals surface area contributed by atoms with Gasteiger partial charge in [0, 0.05) is 11.8 Å². The molecule has 1 saturated heterocycles. The number of aliphatic hydroxyl groups is 1. The normalized spacial score (nSPS) is 48.8. The average molecular weight is 455 g/mol. The maximum atomic E-state index is 12.8. The summed E-state index contributed by atoms with van der Waals surface area (Å²) in [6.07, 6.45) is 14.2. The first-order chi connectivity index (χ1) is 15.3. The molecule has 3 fully saturated rings. The summed E-state index contributed by atoms with van der Waals surface area (Å²) < 4.78 is 5.78. The van der Waals surface area contributed by atoms with E-state index >= 15 is 0 Å². The van der Waals surface area contributed by atoms with E-state index in [0.29, 0.717) is 17.6 Å². The molecular formula is C30H46O3. The number of fused-ring (bicyclic) bond motifs is 5. The molecule has 8 atom stereocenters. The van der Waals surface area contributed by atoms with Crippen molar-refractivity contribution in [1.82, 2.24) is 0 Å². The summed E-state index contributed by atoms with van der Waals surface area (Å²) in [6, 6.07) is 0. The number of carbonyl (C=O) groups excluding carboxylic acids is 1. The van der Waals surface area contributed by atoms with Gasteiger partial charge in [-0.25, -0.2) is 0 Å². The van der Waals surface area contributed by atoms with Crippen LogP contribution in [0.1, 0.15) is 99.8 Å². The topological polar surface area (TPSA) is 49.8 Å². The third-order valence-corrected chi connectivity index (χ3v) is 12.0. The molecule has 1 N–H and O–H groups in total. The number of epoxide rings is 1. The molecule has 3 nitrogen and oxygen atoms in total. The number of rotatable bonds is 5. The third kappa shape index (κ3) is 3.10. The number of hydrogen-bond acceptors (Lipinski definition) is 3. The average Bonchev–Trinajstić information content (AvgIpc) is 3.33. The summed E-state index contributed by atoms with van der Waals surface area (Å²) in [5.74, 6) is 2.26. The quantitative estimate of drug-likeness (QED) is 0.473. The van der Waals surface area contributed by atoms with Crippen LogP contribution >= 0.6 is 0 Å². The van der Waals surface area contributed by atoms with E-state index in [1.165, 1.54) is 19.3 Å². The Morgan fingerprint density at radius 1 is 1.09 bits per heavy atom. The van der Waals surface area contributed by atoms with Gasteiger partial charge in [-0.2, -0.15) is 0 Å². The minimum atomic E-state index is -0.287. The lowest BCUT2D eigenvalue weighted by molar-refractivity contribution is -0.138. The Hall–Kier alpha value is -0.930. The molecule has 0 unspecified atom stereocenters. The first kappa shape index (κ1) is 23.8. The molecule has 0 radical (unpaired) electrons. The van der Waals surface area contributed by atoms with Gasteiger partial charge in [0.2, 0.25) is 0 Å². The van der Waals surface area contributed by atoms with E-state index in [1.54, 1.807) is 11.1 Å². The van der Waals surface area contributed by atoms with Crippen LogP contribution in [0.3, 0.4) is 0 Å². The van der Waals surface area contributed by atoms with Gasteiger partial charge in [0.15, 0.2) is 0 Å². The minimum absolute atomic E-state index is 0.133. The maximum Gasteiger partial charge on any atom is 0.138 e. The SMILES string of the molecule is C[C@H](CC[C@H]1O[C@@]1(C)CO)[C@H]1CC[C@@]2(C)C3=CC[C@H]4C(C)(C)C(=O)CC[C@]4(C)C3=CC[C@]12C. The number of aliphatic hydroxyl groups excluding tert-OH is 1. The standard InChI is InChI=1S/C30H46O3/c1-19(8-11-25-30(7,18-31)33-25)20-12-16-29(6)22-9-10-23-26(2,3)24(32)14-15-27(23,4)21(22)13-17-28(20,29)5/h9,13,19-20,23,25,31H,8,10-12,14-18H2,1-7H3/t19-,20-,23+,25-,27-,28-,29+,30+/m1/s1. The van der Waals surface area contributed by atoms with Gasteiger partial charge in [-0.3, -0.25) is 4.79 Å². The number of ketones is 1. The summed E-state index contributed by atoms with van der Waals surface area (Å²) in [6.45, 7) is 16.6. The van der Waals surface area contributed by atoms with Gasteiger partial charge in [-0.05, 0) is 97.0 Å². The number of carbonyl (C=O) groups is 1. The van der Waals surface area contributed by atoms with Crippen LogP contribution in [0.25, 0.3) is 0 Å². The lowest BCUT2D eigenvalue weighted by Gasteiger charge is -2.59. The molecule has 2 saturated carbocycles. The van der Waals surface area contributed by atoms with Gasteiger partial charge in [0.1, 0.15) is 11.4 Å². The summed E-state index contributed by atoms with van der Waals surface area (Å²) in [5.41, 5.74) is 3.36. The molecule has 0 aromatic rings. The number of allylic oxidation sites excluding steroid dienone is 4. The fourth-order valence-electron chi connectivity index (χ4n) is 9.17. The van der Waals surface area contributed by atoms with E-state index < -0.39 is 0 Å². The Morgan fingerprint density at radius 2 is 1.82 bits per heavy atom. The molecule has 0 aromatic carbocycles. The Labute approximate surface area is 201 Å². The molecule has 0 spiro atoms. The third-order valence-electron chi connectivity index (χ3n) is 12.0. The largest absolute Gasteiger partial charge is 0.393 e. The summed E-state index contributed by atoms with van der Waals surface area (Å²) in [4.78, 5) is 12.8. The molecule has 5 rings (SSSR count). The van der Waals surface area contributed by atoms with Gasteiger partial charge in [0.05, 0.1) is 12.7 Å². The Morgan fingerprint density at radius 3 is 2.48 bits per heavy atom. The summed E-state index contributed by atoms with van der Waals surface area (Å²) in [7, 11) is 0. The molecule has 5 aliphatic rings. The highest BCUT2D eigenvalue weighted by Crippen LogP contribution is 2.71. The van der Waals surface area contributed by atoms with Gasteiger partial charge in [-0.1, -0.05) is 53.7 Å². The first-order valence-corrected chi connectivity index (χ1v) is 13.6. The van der Waals surface area contributed by atoms with Crippen LogP contribution in [-0.2, 0) is 9.53 Å². The van der Waals surface area contributed by atoms with Crippen LogP contribution in [0, 0.1) is 39.4 Å². The summed E-state index contributed by atoms with van der Waals surface area (Å²) >= 11 is 0. The highest BCUT2D eigenvalue weighted by atomic mass is 16.6. The van der Waals surface area contributed by atoms with E-state index in [2.05, 4.69) is 53.7 Å². The van der Waals surface area contributed by atoms with Gasteiger partial charge < -0.3 is 9.84 Å². The molecule has 3 heteroatoms. The molecular weight excluding hydrogens is 408 g/mol. The lowest BCUT2D eigenvalue weighted by Crippen LogP contribution is -2.53. The molecule has 184 valence electrons. The molecule has 0 bridgehead atoms. The van der Waals surface area contributed by atoms with Crippen LogP contribution in [-0.4, -0.2) is 29.2 Å². The van der Waals surface area contributed by atoms with Crippen molar-refractivity contribution in [1.29, 1.82) is 0 Å². The van der Waals surface area contributed by atoms with Crippen molar-refractivity contribution in [3.63, 3.8) is 0 Å². The van der Waals surface area contributed by atoms with E-state index in [-0.39, 0.29) is 40.0 Å². The second kappa shape index (κ2) is 7.29. The second-order valence-corrected chi connectivity index (χ2v) is 13.8. The summed E-state index contributed by atoms with van der Waals surface area (Å²) in [5, 5.41) is 9.55. The Bertz CT molecular complexity index is 914. The van der Waals surface area contributed by atoms with E-state index in [4.69, 9.17) is 4.74 Å². The monoisotopic (exact) mass is 454 g/mol. The number of Topliss-reactive ketones (excluding diaryl/α,β-unsaturated/α-hetero) is 1. The predicted octanol–water partition coefficient (Wildman–Crippen LogP) is 6.65. The molecule has 1 aliphatic heterocycles. The molecule has 1 heterocycles. The van der Waals surface area contributed by atoms with Crippen LogP contribution in [0.15, 0.2) is 23.3 Å². The van der Waals surface area contributed by atoms with Crippen molar-refractivity contribution in [2.45, 2.75) is 112 Å². The van der Waals surface area contributed by atoms with Gasteiger partial charge in [0.25, 0.3) is 0 Å². The Balaban J connectivity index is 1.40. The van der Waals surface area contributed by atoms with Crippen LogP contribution in [0.4, 0.5) is 0 Å². The fraction of sp³-hybridized carbons (Fsp3) is 0.833. The van der Waals surface area contributed by atoms with Crippen LogP contribution < -0.4 is 0 Å². The smallest absolute Gasteiger partial charge is 0.138 e. The van der Waals surface area contributed by atoms with Crippen LogP contribution in [0.5, 0.6) is 0 Å². The predicted molar refractivity (Wildman–Crippen MR) is 133 cm³/mol. The maximum absolute atomic E-state index is 12.8. The van der Waals surface area contributed by atoms with Crippen molar-refractivity contribution >= 4 is 5.78 Å². The molecule has 0 amide bonds. The zero-order valence-corrected chi connectivity index (χ0v) is 22.1. The van der Waals surface area contributed by atoms with Crippen molar-refractivity contribution in [2.75, 3.05) is 6.61 Å². The molecule has 0 aromatic heterocycles. The van der Waals surface area contributed by atoms with E-state index in [1.807, 2.05) is 6.92 Å². The number of ether oxygens (including phenoxy) is 1. The van der Waals surface area contributed by atoms with Crippen molar-refractivity contribution in [3.8, 4) is 0 Å².